The summed E-state index contributed by atoms with van der Waals surface area (Å²) in [6.45, 7) is 6.46. The summed E-state index contributed by atoms with van der Waals surface area (Å²) in [5, 5.41) is 13.6. The van der Waals surface area contributed by atoms with Crippen LogP contribution in [0.1, 0.15) is 18.0 Å². The van der Waals surface area contributed by atoms with E-state index in [-0.39, 0.29) is 5.25 Å². The van der Waals surface area contributed by atoms with Crippen molar-refractivity contribution >= 4 is 11.8 Å². The Balaban J connectivity index is 1.58. The summed E-state index contributed by atoms with van der Waals surface area (Å²) in [6, 6.07) is 13.5. The van der Waals surface area contributed by atoms with Crippen LogP contribution in [0.4, 0.5) is 0 Å². The van der Waals surface area contributed by atoms with Gasteiger partial charge in [-0.05, 0) is 31.2 Å². The average Bonchev–Trinajstić information content (AvgIpc) is 3.38. The Bertz CT molecular complexity index is 1060. The summed E-state index contributed by atoms with van der Waals surface area (Å²) in [5.41, 5.74) is 1.85. The molecule has 3 aromatic heterocycles. The van der Waals surface area contributed by atoms with E-state index >= 15 is 0 Å². The van der Waals surface area contributed by atoms with E-state index in [9.17, 15) is 0 Å². The van der Waals surface area contributed by atoms with Crippen LogP contribution in [-0.4, -0.2) is 29.9 Å². The van der Waals surface area contributed by atoms with Gasteiger partial charge in [-0.1, -0.05) is 41.2 Å². The summed E-state index contributed by atoms with van der Waals surface area (Å²) in [4.78, 5) is 8.59. The van der Waals surface area contributed by atoms with Gasteiger partial charge < -0.3 is 4.52 Å². The van der Waals surface area contributed by atoms with Crippen LogP contribution in [-0.2, 0) is 6.54 Å². The molecule has 0 N–H and O–H groups in total. The lowest BCUT2D eigenvalue weighted by molar-refractivity contribution is 0.423. The molecule has 140 valence electrons. The molecule has 0 bridgehead atoms. The van der Waals surface area contributed by atoms with Gasteiger partial charge in [-0.3, -0.25) is 9.55 Å². The van der Waals surface area contributed by atoms with Crippen molar-refractivity contribution in [3.05, 3.63) is 73.3 Å². The van der Waals surface area contributed by atoms with Gasteiger partial charge in [0, 0.05) is 30.1 Å². The highest BCUT2D eigenvalue weighted by molar-refractivity contribution is 7.99. The van der Waals surface area contributed by atoms with Gasteiger partial charge in [0.25, 0.3) is 5.89 Å². The minimum Gasteiger partial charge on any atom is -0.334 e. The van der Waals surface area contributed by atoms with E-state index in [4.69, 9.17) is 4.52 Å². The van der Waals surface area contributed by atoms with Gasteiger partial charge in [0.15, 0.2) is 16.8 Å². The standard InChI is InChI=1S/C20H18N6OS/c1-3-13-26-18(15-9-11-21-12-10-15)23-24-20(26)28-14(2)17-22-19(27-25-17)16-7-5-4-6-8-16/h3-12,14H,1,13H2,2H3. The Labute approximate surface area is 166 Å². The maximum atomic E-state index is 5.42. The number of hydrogen-bond acceptors (Lipinski definition) is 7. The van der Waals surface area contributed by atoms with Gasteiger partial charge in [0.05, 0.1) is 5.25 Å². The highest BCUT2D eigenvalue weighted by atomic mass is 32.2. The Morgan fingerprint density at radius 1 is 1.11 bits per heavy atom. The molecule has 0 saturated carbocycles. The smallest absolute Gasteiger partial charge is 0.257 e. The topological polar surface area (TPSA) is 82.5 Å². The zero-order valence-electron chi connectivity index (χ0n) is 15.3. The third-order valence-electron chi connectivity index (χ3n) is 4.08. The number of benzene rings is 1. The molecule has 0 aliphatic carbocycles. The van der Waals surface area contributed by atoms with Crippen LogP contribution in [0.5, 0.6) is 0 Å². The van der Waals surface area contributed by atoms with Crippen molar-refractivity contribution in [2.75, 3.05) is 0 Å². The fourth-order valence-electron chi connectivity index (χ4n) is 2.69. The van der Waals surface area contributed by atoms with Gasteiger partial charge in [-0.25, -0.2) is 0 Å². The fraction of sp³-hybridized carbons (Fsp3) is 0.150. The summed E-state index contributed by atoms with van der Waals surface area (Å²) in [6.07, 6.45) is 5.30. The van der Waals surface area contributed by atoms with Gasteiger partial charge in [-0.15, -0.1) is 16.8 Å². The molecular weight excluding hydrogens is 372 g/mol. The quantitative estimate of drug-likeness (QED) is 0.341. The number of nitrogens with zero attached hydrogens (tertiary/aromatic N) is 6. The van der Waals surface area contributed by atoms with Crippen LogP contribution in [0.15, 0.2) is 77.2 Å². The predicted octanol–water partition coefficient (Wildman–Crippen LogP) is 4.43. The molecular formula is C20H18N6OS. The molecule has 1 aromatic carbocycles. The molecule has 8 heteroatoms. The van der Waals surface area contributed by atoms with E-state index < -0.39 is 0 Å². The van der Waals surface area contributed by atoms with Crippen molar-refractivity contribution in [2.45, 2.75) is 23.9 Å². The zero-order valence-corrected chi connectivity index (χ0v) is 16.1. The number of pyridine rings is 1. The third-order valence-corrected chi connectivity index (χ3v) is 5.15. The Kier molecular flexibility index (Phi) is 5.29. The number of rotatable bonds is 7. The Hall–Kier alpha value is -3.26. The van der Waals surface area contributed by atoms with Crippen molar-refractivity contribution in [1.82, 2.24) is 29.9 Å². The molecule has 4 rings (SSSR count). The van der Waals surface area contributed by atoms with Gasteiger partial charge in [0.1, 0.15) is 0 Å². The van der Waals surface area contributed by atoms with Gasteiger partial charge >= 0.3 is 0 Å². The fourth-order valence-corrected chi connectivity index (χ4v) is 3.59. The maximum Gasteiger partial charge on any atom is 0.257 e. The Morgan fingerprint density at radius 2 is 1.89 bits per heavy atom. The molecule has 1 unspecified atom stereocenters. The second-order valence-corrected chi connectivity index (χ2v) is 7.33. The van der Waals surface area contributed by atoms with E-state index in [1.807, 2.05) is 60.0 Å². The van der Waals surface area contributed by atoms with Crippen molar-refractivity contribution in [3.8, 4) is 22.8 Å². The minimum atomic E-state index is -0.0562. The van der Waals surface area contributed by atoms with E-state index in [1.54, 1.807) is 12.4 Å². The lowest BCUT2D eigenvalue weighted by Crippen LogP contribution is -2.02. The first-order chi connectivity index (χ1) is 13.8. The number of allylic oxidation sites excluding steroid dienone is 1. The van der Waals surface area contributed by atoms with Crippen molar-refractivity contribution in [3.63, 3.8) is 0 Å². The predicted molar refractivity (Wildman–Crippen MR) is 107 cm³/mol. The molecule has 0 aliphatic rings. The number of hydrogen-bond donors (Lipinski definition) is 0. The number of aromatic nitrogens is 6. The first kappa shape index (κ1) is 18.1. The lowest BCUT2D eigenvalue weighted by atomic mass is 10.2. The minimum absolute atomic E-state index is 0.0562. The maximum absolute atomic E-state index is 5.42. The van der Waals surface area contributed by atoms with Crippen molar-refractivity contribution < 1.29 is 4.52 Å². The molecule has 0 spiro atoms. The molecule has 4 aromatic rings. The van der Waals surface area contributed by atoms with Crippen LogP contribution in [0.2, 0.25) is 0 Å². The summed E-state index contributed by atoms with van der Waals surface area (Å²) < 4.78 is 7.44. The molecule has 7 nitrogen and oxygen atoms in total. The van der Waals surface area contributed by atoms with Crippen LogP contribution < -0.4 is 0 Å². The van der Waals surface area contributed by atoms with Crippen LogP contribution in [0.25, 0.3) is 22.8 Å². The highest BCUT2D eigenvalue weighted by Crippen LogP contribution is 2.34. The normalized spacial score (nSPS) is 12.0. The largest absolute Gasteiger partial charge is 0.334 e. The molecule has 28 heavy (non-hydrogen) atoms. The zero-order chi connectivity index (χ0) is 19.3. The SMILES string of the molecule is C=CCn1c(SC(C)c2noc(-c3ccccc3)n2)nnc1-c1ccncc1. The monoisotopic (exact) mass is 390 g/mol. The van der Waals surface area contributed by atoms with Gasteiger partial charge in [-0.2, -0.15) is 4.98 Å². The van der Waals surface area contributed by atoms with E-state index in [2.05, 4.69) is 31.9 Å². The van der Waals surface area contributed by atoms with E-state index in [0.29, 0.717) is 18.3 Å². The molecule has 1 atom stereocenters. The van der Waals surface area contributed by atoms with E-state index in [0.717, 1.165) is 22.1 Å². The average molecular weight is 390 g/mol. The first-order valence-electron chi connectivity index (χ1n) is 8.76. The molecule has 0 fully saturated rings. The molecule has 0 aliphatic heterocycles. The van der Waals surface area contributed by atoms with Crippen LogP contribution in [0.3, 0.4) is 0 Å². The summed E-state index contributed by atoms with van der Waals surface area (Å²) in [5.74, 6) is 1.89. The van der Waals surface area contributed by atoms with Crippen LogP contribution >= 0.6 is 11.8 Å². The van der Waals surface area contributed by atoms with Crippen molar-refractivity contribution in [1.29, 1.82) is 0 Å². The highest BCUT2D eigenvalue weighted by Gasteiger charge is 2.21. The summed E-state index contributed by atoms with van der Waals surface area (Å²) in [7, 11) is 0. The molecule has 0 radical (unpaired) electrons. The second-order valence-electron chi connectivity index (χ2n) is 6.03. The Morgan fingerprint density at radius 3 is 2.64 bits per heavy atom. The van der Waals surface area contributed by atoms with Crippen molar-refractivity contribution in [2.24, 2.45) is 0 Å². The second kappa shape index (κ2) is 8.18. The van der Waals surface area contributed by atoms with Crippen LogP contribution in [0, 0.1) is 0 Å². The number of thioether (sulfide) groups is 1. The summed E-state index contributed by atoms with van der Waals surface area (Å²) >= 11 is 1.53. The van der Waals surface area contributed by atoms with E-state index in [1.165, 1.54) is 11.8 Å². The molecule has 3 heterocycles. The third kappa shape index (κ3) is 3.72. The molecule has 0 amide bonds. The lowest BCUT2D eigenvalue weighted by Gasteiger charge is -2.09. The van der Waals surface area contributed by atoms with Gasteiger partial charge in [0.2, 0.25) is 0 Å². The first-order valence-corrected chi connectivity index (χ1v) is 9.64. The molecule has 0 saturated heterocycles.